The lowest BCUT2D eigenvalue weighted by Crippen LogP contribution is -2.31. The van der Waals surface area contributed by atoms with Crippen molar-refractivity contribution in [2.75, 3.05) is 14.2 Å². The number of hydrogen-bond donors (Lipinski definition) is 0. The number of pyridine rings is 2. The van der Waals surface area contributed by atoms with Crippen molar-refractivity contribution in [1.82, 2.24) is 9.97 Å². The second-order valence-corrected chi connectivity index (χ2v) is 10.8. The van der Waals surface area contributed by atoms with Gasteiger partial charge in [-0.3, -0.25) is 9.59 Å². The molecule has 0 amide bonds. The number of carbonyl (C=O) groups is 2. The fourth-order valence-electron chi connectivity index (χ4n) is 5.84. The Morgan fingerprint density at radius 1 is 0.805 bits per heavy atom. The van der Waals surface area contributed by atoms with E-state index in [-0.39, 0.29) is 17.9 Å². The number of nitrogens with zero attached hydrogens (tertiary/aromatic N) is 2. The van der Waals surface area contributed by atoms with Gasteiger partial charge in [-0.25, -0.2) is 0 Å². The zero-order valence-electron chi connectivity index (χ0n) is 22.7. The lowest BCUT2D eigenvalue weighted by molar-refractivity contribution is 0.111. The largest absolute Gasteiger partial charge is 0.480 e. The molecular weight excluding hydrogens is 536 g/mol. The molecule has 9 heteroatoms. The summed E-state index contributed by atoms with van der Waals surface area (Å²) in [5.41, 5.74) is 7.74. The Kier molecular flexibility index (Phi) is 7.04. The molecule has 1 unspecified atom stereocenters. The summed E-state index contributed by atoms with van der Waals surface area (Å²) in [5.74, 6) is 1.26. The number of fused-ring (bicyclic) bond motifs is 2. The highest BCUT2D eigenvalue weighted by Crippen LogP contribution is 2.46. The number of ether oxygens (including phenoxy) is 4. The van der Waals surface area contributed by atoms with Gasteiger partial charge < -0.3 is 18.9 Å². The van der Waals surface area contributed by atoms with E-state index in [2.05, 4.69) is 50.5 Å². The van der Waals surface area contributed by atoms with Crippen molar-refractivity contribution >= 4 is 22.8 Å². The van der Waals surface area contributed by atoms with Crippen LogP contribution in [0.25, 0.3) is 11.1 Å². The summed E-state index contributed by atoms with van der Waals surface area (Å²) >= 11 is 0. The number of carbonyl (C=O) groups excluding carboxylic acids is 2. The Morgan fingerprint density at radius 3 is 2.12 bits per heavy atom. The lowest BCUT2D eigenvalue weighted by Gasteiger charge is -2.27. The normalized spacial score (nSPS) is 18.8. The molecule has 205 valence electrons. The number of aromatic nitrogens is 2. The third-order valence-corrected chi connectivity index (χ3v) is 8.38. The second kappa shape index (κ2) is 10.8. The van der Waals surface area contributed by atoms with Crippen molar-refractivity contribution in [2.24, 2.45) is 0 Å². The van der Waals surface area contributed by atoms with Gasteiger partial charge >= 0.3 is 0 Å². The van der Waals surface area contributed by atoms with Crippen molar-refractivity contribution in [3.8, 4) is 34.6 Å². The van der Waals surface area contributed by atoms with E-state index in [1.165, 1.54) is 36.5 Å². The summed E-state index contributed by atoms with van der Waals surface area (Å²) < 4.78 is 23.2. The standard InChI is InChI=1S/C32H27N2O6Si/c1-37-30-19(17-35)9-13-28(33-30)39-27-12-11-23-21(5-3-7-25(23)27)22-6-4-8-26-24(22)15-16-32(26,41)40-29-14-10-20(18-36)31(34-29)38-2/h3-10,13-14,17-18,27H,11-12,15-16H2,1-2H3/t27-,32?/m0/s1. The summed E-state index contributed by atoms with van der Waals surface area (Å²) in [7, 11) is 6.90. The van der Waals surface area contributed by atoms with Crippen molar-refractivity contribution in [2.45, 2.75) is 37.0 Å². The van der Waals surface area contributed by atoms with Crippen LogP contribution in [0.2, 0.25) is 0 Å². The van der Waals surface area contributed by atoms with Crippen molar-refractivity contribution in [3.05, 3.63) is 94.0 Å². The van der Waals surface area contributed by atoms with Crippen molar-refractivity contribution in [3.63, 3.8) is 0 Å². The van der Waals surface area contributed by atoms with Gasteiger partial charge in [0.2, 0.25) is 23.5 Å². The SMILES string of the molecule is COc1nc(O[C@H]2CCc3c(-c4cccc5c4CCC5([Si])Oc4ccc(C=O)c(OC)n4)cccc32)ccc1C=O. The molecule has 2 heterocycles. The number of hydrogen-bond acceptors (Lipinski definition) is 8. The van der Waals surface area contributed by atoms with E-state index in [0.717, 1.165) is 30.4 Å². The fourth-order valence-corrected chi connectivity index (χ4v) is 6.31. The van der Waals surface area contributed by atoms with Crippen LogP contribution in [-0.2, 0) is 18.1 Å². The van der Waals surface area contributed by atoms with Gasteiger partial charge in [-0.05, 0) is 71.2 Å². The Balaban J connectivity index is 1.30. The smallest absolute Gasteiger partial charge is 0.227 e. The highest BCUT2D eigenvalue weighted by atomic mass is 28.1. The van der Waals surface area contributed by atoms with Crippen molar-refractivity contribution < 1.29 is 28.5 Å². The van der Waals surface area contributed by atoms with Gasteiger partial charge in [0.1, 0.15) is 11.3 Å². The zero-order valence-corrected chi connectivity index (χ0v) is 23.7. The molecule has 0 saturated carbocycles. The molecule has 0 bridgehead atoms. The van der Waals surface area contributed by atoms with E-state index in [4.69, 9.17) is 18.9 Å². The minimum atomic E-state index is -0.770. The molecule has 6 rings (SSSR count). The Bertz CT molecular complexity index is 1660. The quantitative estimate of drug-likeness (QED) is 0.203. The van der Waals surface area contributed by atoms with E-state index in [1.807, 2.05) is 6.07 Å². The topological polar surface area (TPSA) is 96.8 Å². The molecule has 0 saturated heterocycles. The van der Waals surface area contributed by atoms with Gasteiger partial charge in [-0.15, -0.1) is 0 Å². The summed E-state index contributed by atoms with van der Waals surface area (Å²) in [6, 6.07) is 19.3. The number of methoxy groups -OCH3 is 2. The highest BCUT2D eigenvalue weighted by molar-refractivity contribution is 6.15. The maximum Gasteiger partial charge on any atom is 0.227 e. The molecule has 0 N–H and O–H groups in total. The first kappa shape index (κ1) is 26.7. The van der Waals surface area contributed by atoms with Crippen LogP contribution >= 0.6 is 0 Å². The molecule has 0 fully saturated rings. The minimum Gasteiger partial charge on any atom is -0.480 e. The summed E-state index contributed by atoms with van der Waals surface area (Å²) in [6.07, 6.45) is 4.47. The van der Waals surface area contributed by atoms with E-state index in [9.17, 15) is 9.59 Å². The number of aldehydes is 2. The van der Waals surface area contributed by atoms with Crippen LogP contribution in [0.4, 0.5) is 0 Å². The van der Waals surface area contributed by atoms with Crippen LogP contribution in [0, 0.1) is 0 Å². The van der Waals surface area contributed by atoms with Crippen LogP contribution in [0.3, 0.4) is 0 Å². The molecule has 0 aliphatic heterocycles. The molecular formula is C32H27N2O6Si. The predicted octanol–water partition coefficient (Wildman–Crippen LogP) is 5.20. The van der Waals surface area contributed by atoms with Gasteiger partial charge in [-0.2, -0.15) is 9.97 Å². The molecule has 8 nitrogen and oxygen atoms in total. The highest BCUT2D eigenvalue weighted by Gasteiger charge is 2.39. The average Bonchev–Trinajstić information content (AvgIpc) is 3.57. The molecule has 2 aromatic heterocycles. The van der Waals surface area contributed by atoms with E-state index < -0.39 is 5.22 Å². The Morgan fingerprint density at radius 2 is 1.44 bits per heavy atom. The van der Waals surface area contributed by atoms with Crippen LogP contribution < -0.4 is 18.9 Å². The Labute approximate surface area is 241 Å². The van der Waals surface area contributed by atoms with Gasteiger partial charge in [0.25, 0.3) is 0 Å². The monoisotopic (exact) mass is 563 g/mol. The summed E-state index contributed by atoms with van der Waals surface area (Å²) in [4.78, 5) is 31.3. The fraction of sp³-hybridized carbons (Fsp3) is 0.250. The molecule has 0 spiro atoms. The molecule has 41 heavy (non-hydrogen) atoms. The zero-order chi connectivity index (χ0) is 28.6. The maximum absolute atomic E-state index is 11.3. The predicted molar refractivity (Wildman–Crippen MR) is 152 cm³/mol. The molecule has 3 radical (unpaired) electrons. The number of benzene rings is 2. The molecule has 2 aliphatic carbocycles. The molecule has 2 aliphatic rings. The molecule has 2 aromatic carbocycles. The first-order valence-electron chi connectivity index (χ1n) is 13.3. The summed E-state index contributed by atoms with van der Waals surface area (Å²) in [5, 5.41) is -0.770. The maximum atomic E-state index is 11.3. The van der Waals surface area contributed by atoms with Crippen LogP contribution in [0.1, 0.15) is 61.9 Å². The first-order chi connectivity index (χ1) is 20.0. The van der Waals surface area contributed by atoms with Crippen LogP contribution in [0.5, 0.6) is 23.5 Å². The van der Waals surface area contributed by atoms with E-state index >= 15 is 0 Å². The lowest BCUT2D eigenvalue weighted by atomic mass is 9.91. The summed E-state index contributed by atoms with van der Waals surface area (Å²) in [6.45, 7) is 0. The van der Waals surface area contributed by atoms with Gasteiger partial charge in [0.05, 0.1) is 35.6 Å². The van der Waals surface area contributed by atoms with E-state index in [0.29, 0.717) is 41.9 Å². The Hall–Kier alpha value is -4.50. The van der Waals surface area contributed by atoms with Crippen LogP contribution in [0.15, 0.2) is 60.7 Å². The van der Waals surface area contributed by atoms with E-state index in [1.54, 1.807) is 24.3 Å². The average molecular weight is 564 g/mol. The van der Waals surface area contributed by atoms with Gasteiger partial charge in [0.15, 0.2) is 12.6 Å². The van der Waals surface area contributed by atoms with Crippen molar-refractivity contribution in [1.29, 1.82) is 0 Å². The minimum absolute atomic E-state index is 0.158. The first-order valence-corrected chi connectivity index (χ1v) is 13.8. The third-order valence-electron chi connectivity index (χ3n) is 7.75. The van der Waals surface area contributed by atoms with Gasteiger partial charge in [-0.1, -0.05) is 36.4 Å². The van der Waals surface area contributed by atoms with Crippen LogP contribution in [-0.4, -0.2) is 47.0 Å². The molecule has 4 aromatic rings. The number of rotatable bonds is 9. The van der Waals surface area contributed by atoms with Gasteiger partial charge in [0, 0.05) is 12.1 Å². The second-order valence-electron chi connectivity index (χ2n) is 10.0. The third kappa shape index (κ3) is 4.76. The molecule has 2 atom stereocenters.